The normalized spacial score (nSPS) is 15.4. The molecule has 1 saturated carbocycles. The Kier molecular flexibility index (Phi) is 6.73. The standard InChI is InChI=1S/C22H25BrN2O3/c1-14-8-11-20(18(23)12-14)28-15(2)21(26)25-19(22(27)24-17-9-10-17)13-16-6-4-3-5-7-16/h3-8,11-12,15,17,19H,9-10,13H2,1-2H3,(H,24,27)(H,25,26). The van der Waals surface area contributed by atoms with Gasteiger partial charge in [-0.1, -0.05) is 36.4 Å². The smallest absolute Gasteiger partial charge is 0.261 e. The quantitative estimate of drug-likeness (QED) is 0.654. The number of halogens is 1. The highest BCUT2D eigenvalue weighted by molar-refractivity contribution is 9.10. The zero-order valence-electron chi connectivity index (χ0n) is 16.1. The fraction of sp³-hybridized carbons (Fsp3) is 0.364. The summed E-state index contributed by atoms with van der Waals surface area (Å²) in [6.07, 6.45) is 1.70. The number of carbonyl (C=O) groups is 2. The van der Waals surface area contributed by atoms with E-state index in [9.17, 15) is 9.59 Å². The summed E-state index contributed by atoms with van der Waals surface area (Å²) >= 11 is 3.46. The third-order valence-electron chi connectivity index (χ3n) is 4.60. The second kappa shape index (κ2) is 9.24. The SMILES string of the molecule is Cc1ccc(OC(C)C(=O)NC(Cc2ccccc2)C(=O)NC2CC2)c(Br)c1. The van der Waals surface area contributed by atoms with Gasteiger partial charge in [-0.3, -0.25) is 9.59 Å². The monoisotopic (exact) mass is 444 g/mol. The minimum atomic E-state index is -0.731. The molecule has 0 heterocycles. The van der Waals surface area contributed by atoms with Crippen molar-refractivity contribution in [1.29, 1.82) is 0 Å². The molecule has 28 heavy (non-hydrogen) atoms. The molecule has 2 aromatic rings. The zero-order valence-corrected chi connectivity index (χ0v) is 17.7. The minimum Gasteiger partial charge on any atom is -0.480 e. The largest absolute Gasteiger partial charge is 0.480 e. The molecule has 6 heteroatoms. The maximum absolute atomic E-state index is 12.7. The van der Waals surface area contributed by atoms with Crippen LogP contribution in [-0.2, 0) is 16.0 Å². The fourth-order valence-corrected chi connectivity index (χ4v) is 3.41. The molecule has 0 saturated heterocycles. The van der Waals surface area contributed by atoms with Gasteiger partial charge in [0.05, 0.1) is 4.47 Å². The van der Waals surface area contributed by atoms with Crippen LogP contribution in [0.1, 0.15) is 30.9 Å². The van der Waals surface area contributed by atoms with Gasteiger partial charge < -0.3 is 15.4 Å². The third-order valence-corrected chi connectivity index (χ3v) is 5.22. The van der Waals surface area contributed by atoms with E-state index in [0.29, 0.717) is 12.2 Å². The molecule has 0 aliphatic heterocycles. The summed E-state index contributed by atoms with van der Waals surface area (Å²) in [5, 5.41) is 5.84. The first kappa shape index (κ1) is 20.4. The van der Waals surface area contributed by atoms with Crippen LogP contribution in [0, 0.1) is 6.92 Å². The highest BCUT2D eigenvalue weighted by Gasteiger charge is 2.30. The number of hydrogen-bond donors (Lipinski definition) is 2. The molecule has 0 radical (unpaired) electrons. The fourth-order valence-electron chi connectivity index (χ4n) is 2.82. The predicted molar refractivity (Wildman–Crippen MR) is 112 cm³/mol. The molecule has 5 nitrogen and oxygen atoms in total. The van der Waals surface area contributed by atoms with E-state index < -0.39 is 12.1 Å². The number of hydrogen-bond acceptors (Lipinski definition) is 3. The van der Waals surface area contributed by atoms with Gasteiger partial charge in [0, 0.05) is 12.5 Å². The van der Waals surface area contributed by atoms with Crippen LogP contribution in [0.15, 0.2) is 53.0 Å². The van der Waals surface area contributed by atoms with Gasteiger partial charge in [-0.05, 0) is 65.9 Å². The van der Waals surface area contributed by atoms with Crippen LogP contribution in [0.3, 0.4) is 0 Å². The van der Waals surface area contributed by atoms with Crippen molar-refractivity contribution < 1.29 is 14.3 Å². The molecule has 3 rings (SSSR count). The Morgan fingerprint density at radius 3 is 2.50 bits per heavy atom. The first-order valence-corrected chi connectivity index (χ1v) is 10.3. The number of amides is 2. The molecule has 0 aromatic heterocycles. The summed E-state index contributed by atoms with van der Waals surface area (Å²) in [4.78, 5) is 25.3. The summed E-state index contributed by atoms with van der Waals surface area (Å²) in [5.74, 6) is 0.123. The summed E-state index contributed by atoms with van der Waals surface area (Å²) in [7, 11) is 0. The van der Waals surface area contributed by atoms with Crippen molar-refractivity contribution in [1.82, 2.24) is 10.6 Å². The van der Waals surface area contributed by atoms with Crippen molar-refractivity contribution >= 4 is 27.7 Å². The summed E-state index contributed by atoms with van der Waals surface area (Å²) in [6.45, 7) is 3.66. The third kappa shape index (κ3) is 5.83. The van der Waals surface area contributed by atoms with Crippen LogP contribution in [0.2, 0.25) is 0 Å². The van der Waals surface area contributed by atoms with E-state index in [2.05, 4.69) is 26.6 Å². The van der Waals surface area contributed by atoms with Crippen molar-refractivity contribution in [2.24, 2.45) is 0 Å². The Morgan fingerprint density at radius 2 is 1.86 bits per heavy atom. The Hall–Kier alpha value is -2.34. The number of aryl methyl sites for hydroxylation is 1. The minimum absolute atomic E-state index is 0.150. The van der Waals surface area contributed by atoms with E-state index in [0.717, 1.165) is 28.4 Å². The zero-order chi connectivity index (χ0) is 20.1. The number of nitrogens with one attached hydrogen (secondary N) is 2. The summed E-state index contributed by atoms with van der Waals surface area (Å²) in [6, 6.07) is 15.0. The number of ether oxygens (including phenoxy) is 1. The summed E-state index contributed by atoms with van der Waals surface area (Å²) in [5.41, 5.74) is 2.09. The first-order valence-electron chi connectivity index (χ1n) is 9.50. The lowest BCUT2D eigenvalue weighted by molar-refractivity contribution is -0.132. The highest BCUT2D eigenvalue weighted by Crippen LogP contribution is 2.26. The molecule has 2 unspecified atom stereocenters. The molecule has 2 aromatic carbocycles. The lowest BCUT2D eigenvalue weighted by atomic mass is 10.0. The molecular weight excluding hydrogens is 420 g/mol. The molecule has 1 aliphatic carbocycles. The predicted octanol–water partition coefficient (Wildman–Crippen LogP) is 3.53. The highest BCUT2D eigenvalue weighted by atomic mass is 79.9. The molecule has 1 fully saturated rings. The van der Waals surface area contributed by atoms with Gasteiger partial charge in [0.1, 0.15) is 11.8 Å². The van der Waals surface area contributed by atoms with Gasteiger partial charge >= 0.3 is 0 Å². The van der Waals surface area contributed by atoms with Gasteiger partial charge in [-0.15, -0.1) is 0 Å². The van der Waals surface area contributed by atoms with Gasteiger partial charge in [0.25, 0.3) is 5.91 Å². The van der Waals surface area contributed by atoms with Crippen molar-refractivity contribution in [3.05, 3.63) is 64.1 Å². The molecule has 2 N–H and O–H groups in total. The topological polar surface area (TPSA) is 67.4 Å². The molecule has 2 atom stereocenters. The van der Waals surface area contributed by atoms with E-state index in [4.69, 9.17) is 4.74 Å². The maximum atomic E-state index is 12.7. The molecule has 0 spiro atoms. The van der Waals surface area contributed by atoms with E-state index in [1.165, 1.54) is 0 Å². The Morgan fingerprint density at radius 1 is 1.14 bits per heavy atom. The molecule has 148 valence electrons. The van der Waals surface area contributed by atoms with Crippen LogP contribution in [-0.4, -0.2) is 30.0 Å². The Labute approximate surface area is 174 Å². The van der Waals surface area contributed by atoms with E-state index in [1.807, 2.05) is 55.5 Å². The van der Waals surface area contributed by atoms with Crippen LogP contribution in [0.4, 0.5) is 0 Å². The Balaban J connectivity index is 1.65. The van der Waals surface area contributed by atoms with Crippen molar-refractivity contribution in [3.8, 4) is 5.75 Å². The van der Waals surface area contributed by atoms with Gasteiger partial charge in [0.15, 0.2) is 6.10 Å². The molecule has 1 aliphatic rings. The van der Waals surface area contributed by atoms with Crippen molar-refractivity contribution in [2.45, 2.75) is 51.3 Å². The van der Waals surface area contributed by atoms with Crippen LogP contribution < -0.4 is 15.4 Å². The lowest BCUT2D eigenvalue weighted by Gasteiger charge is -2.22. The summed E-state index contributed by atoms with van der Waals surface area (Å²) < 4.78 is 6.59. The van der Waals surface area contributed by atoms with Crippen LogP contribution in [0.5, 0.6) is 5.75 Å². The molecular formula is C22H25BrN2O3. The first-order chi connectivity index (χ1) is 13.4. The van der Waals surface area contributed by atoms with Gasteiger partial charge in [0.2, 0.25) is 5.91 Å². The van der Waals surface area contributed by atoms with Gasteiger partial charge in [-0.2, -0.15) is 0 Å². The van der Waals surface area contributed by atoms with E-state index in [-0.39, 0.29) is 17.9 Å². The van der Waals surface area contributed by atoms with Crippen molar-refractivity contribution in [2.75, 3.05) is 0 Å². The van der Waals surface area contributed by atoms with Crippen LogP contribution in [0.25, 0.3) is 0 Å². The molecule has 0 bridgehead atoms. The average Bonchev–Trinajstić information content (AvgIpc) is 3.48. The lowest BCUT2D eigenvalue weighted by Crippen LogP contribution is -2.51. The van der Waals surface area contributed by atoms with E-state index >= 15 is 0 Å². The second-order valence-electron chi connectivity index (χ2n) is 7.23. The van der Waals surface area contributed by atoms with Gasteiger partial charge in [-0.25, -0.2) is 0 Å². The Bertz CT molecular complexity index is 837. The average molecular weight is 445 g/mol. The number of benzene rings is 2. The van der Waals surface area contributed by atoms with E-state index in [1.54, 1.807) is 6.92 Å². The second-order valence-corrected chi connectivity index (χ2v) is 8.08. The van der Waals surface area contributed by atoms with Crippen molar-refractivity contribution in [3.63, 3.8) is 0 Å². The maximum Gasteiger partial charge on any atom is 0.261 e. The number of carbonyl (C=O) groups excluding carboxylic acids is 2. The number of rotatable bonds is 8. The molecule has 2 amide bonds. The van der Waals surface area contributed by atoms with Crippen LogP contribution >= 0.6 is 15.9 Å².